The molecule has 19 heavy (non-hydrogen) atoms. The molecule has 0 unspecified atom stereocenters. The highest BCUT2D eigenvalue weighted by Gasteiger charge is 2.15. The Morgan fingerprint density at radius 1 is 0.737 bits per heavy atom. The molecule has 0 bridgehead atoms. The van der Waals surface area contributed by atoms with Crippen LogP contribution in [0.1, 0.15) is 17.2 Å². The van der Waals surface area contributed by atoms with Gasteiger partial charge in [-0.2, -0.15) is 4.89 Å². The van der Waals surface area contributed by atoms with Gasteiger partial charge in [0.1, 0.15) is 17.6 Å². The average Bonchev–Trinajstić information content (AvgIpc) is 2.49. The lowest BCUT2D eigenvalue weighted by molar-refractivity contribution is -0.328. The minimum Gasteiger partial charge on any atom is -0.497 e. The summed E-state index contributed by atoms with van der Waals surface area (Å²) < 4.78 is 10.2. The summed E-state index contributed by atoms with van der Waals surface area (Å²) >= 11 is 0. The normalized spacial score (nSPS) is 10.5. The Morgan fingerprint density at radius 2 is 1.11 bits per heavy atom. The van der Waals surface area contributed by atoms with Crippen LogP contribution in [0, 0.1) is 0 Å². The van der Waals surface area contributed by atoms with Crippen LogP contribution in [-0.2, 0) is 10.1 Å². The average molecular weight is 259 g/mol. The summed E-state index contributed by atoms with van der Waals surface area (Å²) in [5.41, 5.74) is 1.56. The summed E-state index contributed by atoms with van der Waals surface area (Å²) in [7, 11) is 3.19. The van der Waals surface area contributed by atoms with Gasteiger partial charge in [0.2, 0.25) is 0 Å². The third-order valence-electron chi connectivity index (χ3n) is 2.93. The van der Waals surface area contributed by atoms with E-state index in [9.17, 15) is 5.26 Å². The van der Waals surface area contributed by atoms with E-state index in [2.05, 4.69) is 4.89 Å². The van der Waals surface area contributed by atoms with Crippen LogP contribution in [0.5, 0.6) is 11.5 Å². The lowest BCUT2D eigenvalue weighted by Crippen LogP contribution is -2.03. The van der Waals surface area contributed by atoms with E-state index in [0.717, 1.165) is 22.6 Å². The van der Waals surface area contributed by atoms with Gasteiger partial charge in [0.15, 0.2) is 0 Å². The highest BCUT2D eigenvalue weighted by atomic mass is 17.1. The smallest absolute Gasteiger partial charge is 0.146 e. The first-order valence-electron chi connectivity index (χ1n) is 5.85. The fraction of sp³-hybridized carbons (Fsp3) is 0.200. The van der Waals surface area contributed by atoms with Gasteiger partial charge < -0.3 is 9.47 Å². The molecule has 0 fully saturated rings. The number of ether oxygens (including phenoxy) is 2. The maximum atomic E-state index is 11.0. The Kier molecular flexibility index (Phi) is 4.39. The molecule has 99 valence electrons. The fourth-order valence-electron chi connectivity index (χ4n) is 1.86. The van der Waals surface area contributed by atoms with Crippen molar-refractivity contribution >= 4 is 0 Å². The van der Waals surface area contributed by atoms with Crippen LogP contribution in [0.4, 0.5) is 0 Å². The minimum absolute atomic E-state index is 0.642. The van der Waals surface area contributed by atoms with Crippen molar-refractivity contribution in [3.8, 4) is 11.5 Å². The summed E-state index contributed by atoms with van der Waals surface area (Å²) in [5.74, 6) is 1.48. The Hall–Kier alpha value is -2.04. The van der Waals surface area contributed by atoms with Gasteiger partial charge in [0, 0.05) is 0 Å². The molecular weight excluding hydrogens is 244 g/mol. The van der Waals surface area contributed by atoms with Crippen molar-refractivity contribution in [2.75, 3.05) is 14.2 Å². The molecule has 2 aromatic rings. The van der Waals surface area contributed by atoms with E-state index in [0.29, 0.717) is 0 Å². The molecule has 4 heteroatoms. The molecule has 4 nitrogen and oxygen atoms in total. The van der Waals surface area contributed by atoms with Crippen LogP contribution in [0.15, 0.2) is 48.5 Å². The first-order valence-corrected chi connectivity index (χ1v) is 5.85. The predicted molar refractivity (Wildman–Crippen MR) is 69.6 cm³/mol. The molecule has 0 saturated heterocycles. The van der Waals surface area contributed by atoms with E-state index in [-0.39, 0.29) is 0 Å². The standard InChI is InChI=1S/C15H15O4/c1-17-13-7-3-11(4-8-13)15(19-16)12-5-9-14(18-2)10-6-12/h3-10,15H,1-2H3. The second-order valence-corrected chi connectivity index (χ2v) is 4.02. The maximum Gasteiger partial charge on any atom is 0.146 e. The molecule has 2 aromatic carbocycles. The van der Waals surface area contributed by atoms with Crippen molar-refractivity contribution in [3.63, 3.8) is 0 Å². The lowest BCUT2D eigenvalue weighted by Gasteiger charge is -2.14. The third kappa shape index (κ3) is 3.05. The Morgan fingerprint density at radius 3 is 1.37 bits per heavy atom. The van der Waals surface area contributed by atoms with E-state index in [4.69, 9.17) is 9.47 Å². The van der Waals surface area contributed by atoms with Crippen molar-refractivity contribution in [3.05, 3.63) is 59.7 Å². The summed E-state index contributed by atoms with van der Waals surface area (Å²) in [6, 6.07) is 14.4. The van der Waals surface area contributed by atoms with Crippen molar-refractivity contribution in [1.82, 2.24) is 0 Å². The summed E-state index contributed by atoms with van der Waals surface area (Å²) in [6.07, 6.45) is -0.642. The quantitative estimate of drug-likeness (QED) is 0.612. The molecule has 0 aliphatic carbocycles. The highest BCUT2D eigenvalue weighted by Crippen LogP contribution is 2.28. The number of hydrogen-bond acceptors (Lipinski definition) is 3. The van der Waals surface area contributed by atoms with Gasteiger partial charge in [-0.05, 0) is 40.6 Å². The van der Waals surface area contributed by atoms with E-state index in [1.165, 1.54) is 0 Å². The van der Waals surface area contributed by atoms with E-state index < -0.39 is 6.10 Å². The largest absolute Gasteiger partial charge is 0.497 e. The van der Waals surface area contributed by atoms with Crippen molar-refractivity contribution < 1.29 is 19.6 Å². The number of hydrogen-bond donors (Lipinski definition) is 0. The molecule has 0 aromatic heterocycles. The Balaban J connectivity index is 2.26. The number of rotatable bonds is 5. The topological polar surface area (TPSA) is 47.6 Å². The van der Waals surface area contributed by atoms with Gasteiger partial charge in [-0.15, -0.1) is 0 Å². The van der Waals surface area contributed by atoms with Crippen LogP contribution in [0.3, 0.4) is 0 Å². The summed E-state index contributed by atoms with van der Waals surface area (Å²) in [4.78, 5) is 4.34. The fourth-order valence-corrected chi connectivity index (χ4v) is 1.86. The summed E-state index contributed by atoms with van der Waals surface area (Å²) in [5, 5.41) is 11.0. The van der Waals surface area contributed by atoms with Crippen molar-refractivity contribution in [1.29, 1.82) is 0 Å². The monoisotopic (exact) mass is 259 g/mol. The molecule has 0 atom stereocenters. The molecule has 0 heterocycles. The zero-order valence-electron chi connectivity index (χ0n) is 10.8. The highest BCUT2D eigenvalue weighted by molar-refractivity contribution is 5.36. The zero-order chi connectivity index (χ0) is 13.7. The zero-order valence-corrected chi connectivity index (χ0v) is 10.8. The molecule has 1 radical (unpaired) electrons. The van der Waals surface area contributed by atoms with Gasteiger partial charge >= 0.3 is 0 Å². The Bertz CT molecular complexity index is 457. The maximum absolute atomic E-state index is 11.0. The van der Waals surface area contributed by atoms with Crippen LogP contribution < -0.4 is 9.47 Å². The first kappa shape index (κ1) is 13.4. The molecular formula is C15H15O4. The van der Waals surface area contributed by atoms with Crippen molar-refractivity contribution in [2.24, 2.45) is 0 Å². The van der Waals surface area contributed by atoms with E-state index in [1.807, 2.05) is 24.3 Å². The van der Waals surface area contributed by atoms with Gasteiger partial charge in [-0.1, -0.05) is 24.3 Å². The van der Waals surface area contributed by atoms with E-state index >= 15 is 0 Å². The molecule has 2 rings (SSSR count). The summed E-state index contributed by atoms with van der Waals surface area (Å²) in [6.45, 7) is 0. The van der Waals surface area contributed by atoms with Crippen LogP contribution in [-0.4, -0.2) is 14.2 Å². The van der Waals surface area contributed by atoms with E-state index in [1.54, 1.807) is 38.5 Å². The lowest BCUT2D eigenvalue weighted by atomic mass is 10.0. The van der Waals surface area contributed by atoms with Gasteiger partial charge in [-0.3, -0.25) is 0 Å². The van der Waals surface area contributed by atoms with Crippen LogP contribution >= 0.6 is 0 Å². The number of benzene rings is 2. The minimum atomic E-state index is -0.642. The van der Waals surface area contributed by atoms with Crippen molar-refractivity contribution in [2.45, 2.75) is 6.10 Å². The number of methoxy groups -OCH3 is 2. The SMILES string of the molecule is COc1ccc(C(O[O])c2ccc(OC)cc2)cc1. The molecule has 0 saturated carbocycles. The van der Waals surface area contributed by atoms with Gasteiger partial charge in [-0.25, -0.2) is 0 Å². The molecule has 0 aliphatic rings. The predicted octanol–water partition coefficient (Wildman–Crippen LogP) is 3.16. The molecule has 0 amide bonds. The van der Waals surface area contributed by atoms with Gasteiger partial charge in [0.25, 0.3) is 0 Å². The molecule has 0 N–H and O–H groups in total. The molecule has 0 spiro atoms. The van der Waals surface area contributed by atoms with Crippen LogP contribution in [0.2, 0.25) is 0 Å². The first-order chi connectivity index (χ1) is 9.28. The second kappa shape index (κ2) is 6.22. The molecule has 0 aliphatic heterocycles. The van der Waals surface area contributed by atoms with Crippen LogP contribution in [0.25, 0.3) is 0 Å². The Labute approximate surface area is 112 Å². The van der Waals surface area contributed by atoms with Gasteiger partial charge in [0.05, 0.1) is 14.2 Å². The third-order valence-corrected chi connectivity index (χ3v) is 2.93. The second-order valence-electron chi connectivity index (χ2n) is 4.02.